The lowest BCUT2D eigenvalue weighted by molar-refractivity contribution is -0.120. The number of hydrogen-bond acceptors (Lipinski definition) is 2. The molecule has 0 fully saturated rings. The normalized spacial score (nSPS) is 12.9. The Kier molecular flexibility index (Phi) is 2.02. The molecule has 0 heterocycles. The zero-order chi connectivity index (χ0) is 7.49. The minimum Gasteiger partial charge on any atom is -0.499 e. The van der Waals surface area contributed by atoms with E-state index in [0.29, 0.717) is 0 Å². The lowest BCUT2D eigenvalue weighted by Gasteiger charge is -1.97. The summed E-state index contributed by atoms with van der Waals surface area (Å²) in [5.74, 6) is -1.93. The van der Waals surface area contributed by atoms with Gasteiger partial charge in [0.1, 0.15) is 0 Å². The van der Waals surface area contributed by atoms with E-state index in [1.54, 1.807) is 0 Å². The maximum absolute atomic E-state index is 11.1. The van der Waals surface area contributed by atoms with Crippen LogP contribution in [-0.2, 0) is 0 Å². The second-order valence-corrected chi connectivity index (χ2v) is 1.13. The molecule has 0 unspecified atom stereocenters. The van der Waals surface area contributed by atoms with Gasteiger partial charge in [-0.25, -0.2) is 0 Å². The molecule has 0 aromatic heterocycles. The van der Waals surface area contributed by atoms with E-state index in [1.807, 2.05) is 4.98 Å². The van der Waals surface area contributed by atoms with E-state index in [4.69, 9.17) is 10.5 Å². The first-order valence-electron chi connectivity index (χ1n) is 1.79. The monoisotopic (exact) mass is 140 g/mol. The van der Waals surface area contributed by atoms with Crippen molar-refractivity contribution in [1.82, 2.24) is 0 Å². The second kappa shape index (κ2) is 2.35. The first-order valence-corrected chi connectivity index (χ1v) is 1.79. The average Bonchev–Trinajstić information content (AvgIpc) is 1.64. The fourth-order valence-corrected chi connectivity index (χ4v) is 0.128. The number of allylic oxidation sites excluding steroid dienone is 1. The van der Waals surface area contributed by atoms with Gasteiger partial charge in [0, 0.05) is 0 Å². The van der Waals surface area contributed by atoms with Crippen molar-refractivity contribution < 1.29 is 18.3 Å². The van der Waals surface area contributed by atoms with Crippen molar-refractivity contribution in [3.8, 4) is 0 Å². The minimum atomic E-state index is -4.83. The molecule has 0 aliphatic rings. The largest absolute Gasteiger partial charge is 0.499 e. The van der Waals surface area contributed by atoms with Crippen LogP contribution in [0.2, 0.25) is 0 Å². The van der Waals surface area contributed by atoms with Gasteiger partial charge in [0.2, 0.25) is 5.39 Å². The summed E-state index contributed by atoms with van der Waals surface area (Å²) in [6.07, 6.45) is -4.92. The smallest absolute Gasteiger partial charge is 0.456 e. The van der Waals surface area contributed by atoms with Crippen LogP contribution in [0, 0.1) is 5.39 Å². The second-order valence-electron chi connectivity index (χ2n) is 1.13. The molecule has 0 aromatic carbocycles. The van der Waals surface area contributed by atoms with Crippen LogP contribution in [0.3, 0.4) is 0 Å². The van der Waals surface area contributed by atoms with Crippen LogP contribution in [0.5, 0.6) is 0 Å². The Bertz CT molecular complexity index is 165. The molecule has 1 N–H and O–H groups in total. The third-order valence-electron chi connectivity index (χ3n) is 0.470. The molecule has 0 saturated heterocycles. The van der Waals surface area contributed by atoms with Gasteiger partial charge in [-0.1, -0.05) is 0 Å². The predicted octanol–water partition coefficient (Wildman–Crippen LogP) is 1.80. The Labute approximate surface area is 48.0 Å². The number of hydrogen-bond donors (Lipinski definition) is 1. The number of rotatable bonds is 0. The third kappa shape index (κ3) is 2.54. The molecule has 3 nitrogen and oxygen atoms in total. The predicted molar refractivity (Wildman–Crippen MR) is 21.9 cm³/mol. The molecule has 0 aliphatic heterocycles. The molecule has 0 spiro atoms. The van der Waals surface area contributed by atoms with Crippen molar-refractivity contribution in [3.05, 3.63) is 16.9 Å². The van der Waals surface area contributed by atoms with E-state index in [9.17, 15) is 13.2 Å². The average molecular weight is 140 g/mol. The highest BCUT2D eigenvalue weighted by Crippen LogP contribution is 2.22. The Balaban J connectivity index is 4.25. The summed E-state index contributed by atoms with van der Waals surface area (Å²) in [4.78, 5) is 1.97. The van der Waals surface area contributed by atoms with E-state index < -0.39 is 11.9 Å². The van der Waals surface area contributed by atoms with E-state index in [2.05, 4.69) is 0 Å². The van der Waals surface area contributed by atoms with Crippen molar-refractivity contribution in [2.75, 3.05) is 0 Å². The van der Waals surface area contributed by atoms with Gasteiger partial charge in [0.25, 0.3) is 5.76 Å². The van der Waals surface area contributed by atoms with Crippen molar-refractivity contribution >= 4 is 0 Å². The number of aliphatic hydroxyl groups is 1. The van der Waals surface area contributed by atoms with Crippen molar-refractivity contribution in [2.24, 2.45) is 0 Å². The van der Waals surface area contributed by atoms with Gasteiger partial charge in [0.15, 0.2) is 4.98 Å². The summed E-state index contributed by atoms with van der Waals surface area (Å²) in [6, 6.07) is 0. The van der Waals surface area contributed by atoms with E-state index in [0.717, 1.165) is 0 Å². The van der Waals surface area contributed by atoms with Crippen LogP contribution in [0.4, 0.5) is 13.2 Å². The molecule has 0 saturated carbocycles. The topological polar surface area (TPSA) is 48.4 Å². The zero-order valence-corrected chi connectivity index (χ0v) is 4.05. The molecule has 0 amide bonds. The quantitative estimate of drug-likeness (QED) is 0.317. The fourth-order valence-electron chi connectivity index (χ4n) is 0.128. The van der Waals surface area contributed by atoms with E-state index in [-0.39, 0.29) is 6.20 Å². The molecule has 9 heavy (non-hydrogen) atoms. The SMILES string of the molecule is N#[N+]/[13CH]=C(/O)C(F)(F)F. The van der Waals surface area contributed by atoms with Gasteiger partial charge < -0.3 is 5.11 Å². The molecular weight excluding hydrogens is 138 g/mol. The van der Waals surface area contributed by atoms with Gasteiger partial charge in [-0.2, -0.15) is 13.2 Å². The highest BCUT2D eigenvalue weighted by Gasteiger charge is 2.37. The van der Waals surface area contributed by atoms with Crippen LogP contribution in [0.25, 0.3) is 4.98 Å². The highest BCUT2D eigenvalue weighted by molar-refractivity contribution is 5.01. The van der Waals surface area contributed by atoms with Gasteiger partial charge in [-0.05, 0) is 0 Å². The Hall–Kier alpha value is -1.25. The summed E-state index contributed by atoms with van der Waals surface area (Å²) in [5, 5.41) is 15.4. The van der Waals surface area contributed by atoms with Gasteiger partial charge in [0.05, 0.1) is 0 Å². The number of nitrogens with zero attached hydrogens (tertiary/aromatic N) is 2. The summed E-state index contributed by atoms with van der Waals surface area (Å²) in [5.41, 5.74) is 0. The van der Waals surface area contributed by atoms with Crippen LogP contribution >= 0.6 is 0 Å². The Morgan fingerprint density at radius 3 is 2.11 bits per heavy atom. The number of alkyl halides is 3. The summed E-state index contributed by atoms with van der Waals surface area (Å²) < 4.78 is 33.4. The summed E-state index contributed by atoms with van der Waals surface area (Å²) >= 11 is 0. The molecule has 50 valence electrons. The van der Waals surface area contributed by atoms with Crippen LogP contribution in [0.15, 0.2) is 12.0 Å². The molecule has 0 radical (unpaired) electrons. The molecule has 6 heteroatoms. The Morgan fingerprint density at radius 1 is 1.56 bits per heavy atom. The number of diazo groups is 1. The molecule has 0 atom stereocenters. The lowest BCUT2D eigenvalue weighted by Crippen LogP contribution is -2.10. The maximum atomic E-state index is 11.1. The van der Waals surface area contributed by atoms with Crippen LogP contribution in [-0.4, -0.2) is 11.3 Å². The number of halogens is 3. The summed E-state index contributed by atoms with van der Waals surface area (Å²) in [7, 11) is 0. The first kappa shape index (κ1) is 7.75. The molecule has 0 aliphatic carbocycles. The van der Waals surface area contributed by atoms with Crippen LogP contribution in [0.1, 0.15) is 0 Å². The van der Waals surface area contributed by atoms with Crippen molar-refractivity contribution in [1.29, 1.82) is 5.39 Å². The molecular formula is C3H2F3N2O+. The standard InChI is InChI=1S/C3HF3N2O/c4-3(5,6)2(9)1-8-7/h1H/p+1/b2-1+/i1+1. The minimum absolute atomic E-state index is 0.0972. The van der Waals surface area contributed by atoms with Crippen LogP contribution < -0.4 is 0 Å². The first-order chi connectivity index (χ1) is 3.98. The van der Waals surface area contributed by atoms with Gasteiger partial charge >= 0.3 is 12.4 Å². The molecule has 0 aromatic rings. The molecule has 0 bridgehead atoms. The zero-order valence-electron chi connectivity index (χ0n) is 4.05. The van der Waals surface area contributed by atoms with E-state index in [1.165, 1.54) is 0 Å². The highest BCUT2D eigenvalue weighted by atomic mass is 19.4. The maximum Gasteiger partial charge on any atom is 0.456 e. The van der Waals surface area contributed by atoms with E-state index >= 15 is 0 Å². The fraction of sp³-hybridized carbons (Fsp3) is 0.333. The lowest BCUT2D eigenvalue weighted by atomic mass is 10.6. The Morgan fingerprint density at radius 2 is 2.00 bits per heavy atom. The van der Waals surface area contributed by atoms with Crippen molar-refractivity contribution in [2.45, 2.75) is 6.18 Å². The van der Waals surface area contributed by atoms with Gasteiger partial charge in [-0.15, -0.1) is 0 Å². The summed E-state index contributed by atoms with van der Waals surface area (Å²) in [6.45, 7) is 0. The molecule has 0 rings (SSSR count). The van der Waals surface area contributed by atoms with Crippen molar-refractivity contribution in [3.63, 3.8) is 0 Å². The third-order valence-corrected chi connectivity index (χ3v) is 0.470. The van der Waals surface area contributed by atoms with Gasteiger partial charge in [-0.3, -0.25) is 0 Å². The number of aliphatic hydroxyl groups excluding tert-OH is 1.